The molecule has 0 amide bonds. The van der Waals surface area contributed by atoms with Crippen molar-refractivity contribution in [3.63, 3.8) is 0 Å². The Hall–Kier alpha value is -1.52. The molecule has 0 bridgehead atoms. The molecule has 0 fully saturated rings. The van der Waals surface area contributed by atoms with Crippen molar-refractivity contribution in [1.29, 1.82) is 0 Å². The van der Waals surface area contributed by atoms with Gasteiger partial charge in [0.25, 0.3) is 0 Å². The highest BCUT2D eigenvalue weighted by Gasteiger charge is 2.41. The van der Waals surface area contributed by atoms with Gasteiger partial charge in [-0.25, -0.2) is 5.01 Å². The first-order chi connectivity index (χ1) is 10.6. The molecule has 3 nitrogen and oxygen atoms in total. The predicted octanol–water partition coefficient (Wildman–Crippen LogP) is 4.93. The lowest BCUT2D eigenvalue weighted by Gasteiger charge is -2.40. The maximum Gasteiger partial charge on any atom is 0.190 e. The Balaban J connectivity index is 1.78. The molecule has 4 rings (SSSR count). The third-order valence-electron chi connectivity index (χ3n) is 4.16. The SMILES string of the molecule is CC(C)C1Oc2ccc(Cl)cc2C2CC(c3cccs3)=NN21. The largest absolute Gasteiger partial charge is 0.468 e. The fraction of sp³-hybridized carbons (Fsp3) is 0.353. The quantitative estimate of drug-likeness (QED) is 0.779. The van der Waals surface area contributed by atoms with Gasteiger partial charge in [-0.2, -0.15) is 5.10 Å². The second-order valence-corrected chi connectivity index (χ2v) is 7.44. The van der Waals surface area contributed by atoms with Crippen LogP contribution in [0.2, 0.25) is 5.02 Å². The number of nitrogens with zero attached hydrogens (tertiary/aromatic N) is 2. The van der Waals surface area contributed by atoms with E-state index in [0.717, 1.165) is 28.5 Å². The number of rotatable bonds is 2. The van der Waals surface area contributed by atoms with Gasteiger partial charge in [0.05, 0.1) is 16.6 Å². The van der Waals surface area contributed by atoms with Crippen molar-refractivity contribution in [2.45, 2.75) is 32.5 Å². The van der Waals surface area contributed by atoms with Crippen LogP contribution >= 0.6 is 22.9 Å². The lowest BCUT2D eigenvalue weighted by Crippen LogP contribution is -2.43. The van der Waals surface area contributed by atoms with Gasteiger partial charge in [-0.3, -0.25) is 0 Å². The number of ether oxygens (including phenoxy) is 1. The minimum atomic E-state index is -0.0314. The van der Waals surface area contributed by atoms with Crippen LogP contribution in [0.3, 0.4) is 0 Å². The van der Waals surface area contributed by atoms with Crippen molar-refractivity contribution in [2.75, 3.05) is 0 Å². The summed E-state index contributed by atoms with van der Waals surface area (Å²) >= 11 is 7.93. The predicted molar refractivity (Wildman–Crippen MR) is 90.8 cm³/mol. The summed E-state index contributed by atoms with van der Waals surface area (Å²) in [7, 11) is 0. The number of hydrazone groups is 1. The van der Waals surface area contributed by atoms with Gasteiger partial charge in [0, 0.05) is 22.9 Å². The Bertz CT molecular complexity index is 726. The third-order valence-corrected chi connectivity index (χ3v) is 5.31. The molecule has 1 aromatic carbocycles. The van der Waals surface area contributed by atoms with Crippen molar-refractivity contribution < 1.29 is 4.74 Å². The van der Waals surface area contributed by atoms with Gasteiger partial charge in [-0.05, 0) is 29.6 Å². The molecule has 0 N–H and O–H groups in total. The molecule has 0 saturated carbocycles. The summed E-state index contributed by atoms with van der Waals surface area (Å²) in [6.45, 7) is 4.34. The highest BCUT2D eigenvalue weighted by Crippen LogP contribution is 2.45. The molecule has 1 aromatic heterocycles. The van der Waals surface area contributed by atoms with Crippen LogP contribution in [0.1, 0.15) is 36.8 Å². The fourth-order valence-electron chi connectivity index (χ4n) is 3.12. The number of halogens is 1. The third kappa shape index (κ3) is 2.22. The van der Waals surface area contributed by atoms with Crippen LogP contribution in [-0.4, -0.2) is 16.9 Å². The molecule has 2 unspecified atom stereocenters. The minimum Gasteiger partial charge on any atom is -0.468 e. The molecule has 0 radical (unpaired) electrons. The average molecular weight is 333 g/mol. The Morgan fingerprint density at radius 2 is 2.23 bits per heavy atom. The van der Waals surface area contributed by atoms with Gasteiger partial charge < -0.3 is 4.74 Å². The smallest absolute Gasteiger partial charge is 0.190 e. The Morgan fingerprint density at radius 1 is 1.36 bits per heavy atom. The second kappa shape index (κ2) is 5.28. The zero-order chi connectivity index (χ0) is 15.3. The van der Waals surface area contributed by atoms with E-state index < -0.39 is 0 Å². The van der Waals surface area contributed by atoms with E-state index >= 15 is 0 Å². The highest BCUT2D eigenvalue weighted by atomic mass is 35.5. The van der Waals surface area contributed by atoms with Crippen LogP contribution in [0.4, 0.5) is 0 Å². The maximum absolute atomic E-state index is 6.19. The molecule has 22 heavy (non-hydrogen) atoms. The summed E-state index contributed by atoms with van der Waals surface area (Å²) in [4.78, 5) is 1.24. The van der Waals surface area contributed by atoms with Gasteiger partial charge in [-0.15, -0.1) is 11.3 Å². The van der Waals surface area contributed by atoms with E-state index in [1.54, 1.807) is 11.3 Å². The van der Waals surface area contributed by atoms with E-state index in [0.29, 0.717) is 5.92 Å². The molecular formula is C17H17ClN2OS. The van der Waals surface area contributed by atoms with E-state index in [1.807, 2.05) is 18.2 Å². The van der Waals surface area contributed by atoms with Crippen LogP contribution in [0.15, 0.2) is 40.8 Å². The van der Waals surface area contributed by atoms with E-state index in [9.17, 15) is 0 Å². The lowest BCUT2D eigenvalue weighted by molar-refractivity contribution is -0.0461. The zero-order valence-corrected chi connectivity index (χ0v) is 14.1. The molecule has 114 valence electrons. The number of hydrogen-bond donors (Lipinski definition) is 0. The van der Waals surface area contributed by atoms with Crippen LogP contribution in [0, 0.1) is 5.92 Å². The standard InChI is InChI=1S/C17H17ClN2OS/c1-10(2)17-20-14(9-13(19-20)16-4-3-7-22-16)12-8-11(18)5-6-15(12)21-17/h3-8,10,14,17H,9H2,1-2H3. The van der Waals surface area contributed by atoms with E-state index in [1.165, 1.54) is 4.88 Å². The van der Waals surface area contributed by atoms with Crippen LogP contribution < -0.4 is 4.74 Å². The molecular weight excluding hydrogens is 316 g/mol. The molecule has 2 atom stereocenters. The first-order valence-corrected chi connectivity index (χ1v) is 8.75. The monoisotopic (exact) mass is 332 g/mol. The van der Waals surface area contributed by atoms with Crippen molar-refractivity contribution in [3.8, 4) is 5.75 Å². The highest BCUT2D eigenvalue weighted by molar-refractivity contribution is 7.12. The number of hydrogen-bond acceptors (Lipinski definition) is 4. The summed E-state index contributed by atoms with van der Waals surface area (Å²) in [5.41, 5.74) is 2.28. The fourth-order valence-corrected chi connectivity index (χ4v) is 4.02. The Morgan fingerprint density at radius 3 is 2.95 bits per heavy atom. The van der Waals surface area contributed by atoms with Crippen molar-refractivity contribution in [2.24, 2.45) is 11.0 Å². The first kappa shape index (κ1) is 14.1. The summed E-state index contributed by atoms with van der Waals surface area (Å²) in [5, 5.41) is 9.84. The molecule has 3 heterocycles. The van der Waals surface area contributed by atoms with Gasteiger partial charge in [0.15, 0.2) is 6.23 Å². The normalized spacial score (nSPS) is 23.1. The molecule has 2 aromatic rings. The number of fused-ring (bicyclic) bond motifs is 3. The lowest BCUT2D eigenvalue weighted by atomic mass is 9.97. The van der Waals surface area contributed by atoms with Crippen LogP contribution in [0.25, 0.3) is 0 Å². The molecule has 2 aliphatic rings. The van der Waals surface area contributed by atoms with Gasteiger partial charge in [-0.1, -0.05) is 31.5 Å². The van der Waals surface area contributed by atoms with Gasteiger partial charge in [0.1, 0.15) is 5.75 Å². The number of benzene rings is 1. The molecule has 0 aliphatic carbocycles. The Kier molecular flexibility index (Phi) is 3.39. The van der Waals surface area contributed by atoms with E-state index in [4.69, 9.17) is 21.4 Å². The summed E-state index contributed by atoms with van der Waals surface area (Å²) in [6, 6.07) is 10.3. The van der Waals surface area contributed by atoms with Crippen LogP contribution in [-0.2, 0) is 0 Å². The first-order valence-electron chi connectivity index (χ1n) is 7.49. The summed E-state index contributed by atoms with van der Waals surface area (Å²) in [5.74, 6) is 1.30. The zero-order valence-electron chi connectivity index (χ0n) is 12.5. The summed E-state index contributed by atoms with van der Waals surface area (Å²) in [6.07, 6.45) is 0.872. The average Bonchev–Trinajstić information content (AvgIpc) is 3.15. The molecule has 0 saturated heterocycles. The molecule has 0 spiro atoms. The Labute approximate surface area is 139 Å². The van der Waals surface area contributed by atoms with E-state index in [2.05, 4.69) is 36.4 Å². The molecule has 5 heteroatoms. The minimum absolute atomic E-state index is 0.0314. The topological polar surface area (TPSA) is 24.8 Å². The second-order valence-electron chi connectivity index (χ2n) is 6.06. The number of thiophene rings is 1. The van der Waals surface area contributed by atoms with Gasteiger partial charge >= 0.3 is 0 Å². The van der Waals surface area contributed by atoms with Gasteiger partial charge in [0.2, 0.25) is 0 Å². The van der Waals surface area contributed by atoms with Crippen molar-refractivity contribution in [1.82, 2.24) is 5.01 Å². The van der Waals surface area contributed by atoms with Crippen LogP contribution in [0.5, 0.6) is 5.75 Å². The summed E-state index contributed by atoms with van der Waals surface area (Å²) < 4.78 is 6.19. The van der Waals surface area contributed by atoms with E-state index in [-0.39, 0.29) is 12.3 Å². The van der Waals surface area contributed by atoms with Crippen molar-refractivity contribution >= 4 is 28.6 Å². The van der Waals surface area contributed by atoms with Crippen molar-refractivity contribution in [3.05, 3.63) is 51.2 Å². The maximum atomic E-state index is 6.19. The molecule has 2 aliphatic heterocycles.